The van der Waals surface area contributed by atoms with Crippen LogP contribution in [0.1, 0.15) is 27.2 Å². The molecule has 7 nitrogen and oxygen atoms in total. The van der Waals surface area contributed by atoms with Crippen LogP contribution in [-0.2, 0) is 14.8 Å². The van der Waals surface area contributed by atoms with E-state index in [4.69, 9.17) is 4.74 Å². The molecule has 1 heterocycles. The highest BCUT2D eigenvalue weighted by Crippen LogP contribution is 2.05. The molecule has 1 rings (SSSR count). The molecule has 1 aliphatic rings. The molecule has 1 unspecified atom stereocenters. The summed E-state index contributed by atoms with van der Waals surface area (Å²) < 4.78 is 31.0. The summed E-state index contributed by atoms with van der Waals surface area (Å²) in [5, 5.41) is 6.37. The molecular formula is C13H29IN4O3S. The molecule has 132 valence electrons. The number of hydrogen-bond acceptors (Lipinski definition) is 4. The predicted molar refractivity (Wildman–Crippen MR) is 100 cm³/mol. The van der Waals surface area contributed by atoms with Crippen molar-refractivity contribution in [1.82, 2.24) is 14.9 Å². The van der Waals surface area contributed by atoms with Crippen LogP contribution in [0.3, 0.4) is 0 Å². The second-order valence-electron chi connectivity index (χ2n) is 5.04. The predicted octanol–water partition coefficient (Wildman–Crippen LogP) is 0.620. The van der Waals surface area contributed by atoms with Gasteiger partial charge < -0.3 is 15.4 Å². The molecule has 9 heteroatoms. The van der Waals surface area contributed by atoms with Crippen molar-refractivity contribution in [2.75, 3.05) is 45.1 Å². The lowest BCUT2D eigenvalue weighted by molar-refractivity contribution is 0.0731. The van der Waals surface area contributed by atoms with Gasteiger partial charge in [-0.25, -0.2) is 8.42 Å². The summed E-state index contributed by atoms with van der Waals surface area (Å²) in [4.78, 5) is 4.34. The fourth-order valence-electron chi connectivity index (χ4n) is 1.88. The summed E-state index contributed by atoms with van der Waals surface area (Å²) in [6, 6.07) is 0.304. The van der Waals surface area contributed by atoms with Crippen LogP contribution in [0.4, 0.5) is 0 Å². The molecule has 0 aromatic heterocycles. The Balaban J connectivity index is 0.00000441. The molecule has 0 aromatic rings. The van der Waals surface area contributed by atoms with E-state index >= 15 is 0 Å². The molecule has 1 aliphatic heterocycles. The van der Waals surface area contributed by atoms with Gasteiger partial charge in [0.2, 0.25) is 10.0 Å². The Morgan fingerprint density at radius 1 is 1.32 bits per heavy atom. The number of nitrogens with zero attached hydrogens (tertiary/aromatic N) is 2. The van der Waals surface area contributed by atoms with E-state index in [1.54, 1.807) is 0 Å². The zero-order valence-electron chi connectivity index (χ0n) is 13.7. The van der Waals surface area contributed by atoms with Gasteiger partial charge >= 0.3 is 0 Å². The van der Waals surface area contributed by atoms with Crippen molar-refractivity contribution in [2.45, 2.75) is 33.2 Å². The fraction of sp³-hybridized carbons (Fsp3) is 0.923. The van der Waals surface area contributed by atoms with Gasteiger partial charge in [0.15, 0.2) is 5.96 Å². The molecule has 0 aliphatic carbocycles. The van der Waals surface area contributed by atoms with Crippen LogP contribution in [-0.4, -0.2) is 69.9 Å². The van der Waals surface area contributed by atoms with Crippen LogP contribution in [0.15, 0.2) is 4.99 Å². The van der Waals surface area contributed by atoms with Crippen LogP contribution in [0.2, 0.25) is 0 Å². The van der Waals surface area contributed by atoms with Crippen molar-refractivity contribution < 1.29 is 13.2 Å². The van der Waals surface area contributed by atoms with Crippen molar-refractivity contribution >= 4 is 40.0 Å². The van der Waals surface area contributed by atoms with E-state index in [1.165, 1.54) is 4.31 Å². The Hall–Kier alpha value is -0.130. The average molecular weight is 448 g/mol. The van der Waals surface area contributed by atoms with E-state index < -0.39 is 10.0 Å². The number of halogens is 1. The average Bonchev–Trinajstić information content (AvgIpc) is 2.48. The van der Waals surface area contributed by atoms with E-state index in [1.807, 2.05) is 6.92 Å². The number of morpholine rings is 1. The summed E-state index contributed by atoms with van der Waals surface area (Å²) in [6.45, 7) is 8.97. The van der Waals surface area contributed by atoms with Gasteiger partial charge in [-0.15, -0.1) is 24.0 Å². The number of ether oxygens (including phenoxy) is 1. The first-order valence-electron chi connectivity index (χ1n) is 7.60. The summed E-state index contributed by atoms with van der Waals surface area (Å²) in [5.74, 6) is 0.702. The molecule has 0 amide bonds. The van der Waals surface area contributed by atoms with Gasteiger partial charge in [0, 0.05) is 25.7 Å². The second kappa shape index (κ2) is 11.4. The van der Waals surface area contributed by atoms with E-state index in [-0.39, 0.29) is 36.3 Å². The first kappa shape index (κ1) is 21.9. The maximum absolute atomic E-state index is 12.2. The van der Waals surface area contributed by atoms with Crippen molar-refractivity contribution in [1.29, 1.82) is 0 Å². The fourth-order valence-corrected chi connectivity index (χ4v) is 3.17. The Kier molecular flexibility index (Phi) is 11.3. The topological polar surface area (TPSA) is 83.0 Å². The lowest BCUT2D eigenvalue weighted by Crippen LogP contribution is -2.43. The van der Waals surface area contributed by atoms with Gasteiger partial charge in [-0.3, -0.25) is 4.99 Å². The first-order valence-corrected chi connectivity index (χ1v) is 9.21. The number of hydrogen-bond donors (Lipinski definition) is 2. The smallest absolute Gasteiger partial charge is 0.216 e. The van der Waals surface area contributed by atoms with Crippen molar-refractivity contribution in [3.63, 3.8) is 0 Å². The van der Waals surface area contributed by atoms with Crippen molar-refractivity contribution in [2.24, 2.45) is 4.99 Å². The monoisotopic (exact) mass is 448 g/mol. The summed E-state index contributed by atoms with van der Waals surface area (Å²) in [7, 11) is -3.24. The molecular weight excluding hydrogens is 419 g/mol. The third-order valence-corrected chi connectivity index (χ3v) is 5.17. The van der Waals surface area contributed by atoms with Gasteiger partial charge in [-0.05, 0) is 20.3 Å². The highest BCUT2D eigenvalue weighted by molar-refractivity contribution is 14.0. The van der Waals surface area contributed by atoms with Crippen LogP contribution < -0.4 is 10.6 Å². The van der Waals surface area contributed by atoms with Gasteiger partial charge in [-0.1, -0.05) is 6.92 Å². The Morgan fingerprint density at radius 3 is 2.50 bits per heavy atom. The minimum atomic E-state index is -3.24. The van der Waals surface area contributed by atoms with Gasteiger partial charge in [-0.2, -0.15) is 4.31 Å². The van der Waals surface area contributed by atoms with Crippen molar-refractivity contribution in [3.05, 3.63) is 0 Å². The molecule has 22 heavy (non-hydrogen) atoms. The Morgan fingerprint density at radius 2 is 1.95 bits per heavy atom. The molecule has 1 atom stereocenters. The minimum absolute atomic E-state index is 0. The summed E-state index contributed by atoms with van der Waals surface area (Å²) in [5.41, 5.74) is 0. The largest absolute Gasteiger partial charge is 0.379 e. The minimum Gasteiger partial charge on any atom is -0.379 e. The maximum atomic E-state index is 12.2. The van der Waals surface area contributed by atoms with Crippen LogP contribution in [0.5, 0.6) is 0 Å². The van der Waals surface area contributed by atoms with Gasteiger partial charge in [0.25, 0.3) is 0 Å². The number of sulfonamides is 1. The Bertz CT molecular complexity index is 425. The third kappa shape index (κ3) is 7.93. The molecule has 0 bridgehead atoms. The zero-order valence-corrected chi connectivity index (χ0v) is 16.8. The quantitative estimate of drug-likeness (QED) is 0.339. The number of aliphatic imine (C=N–C) groups is 1. The van der Waals surface area contributed by atoms with E-state index in [0.717, 1.165) is 13.0 Å². The van der Waals surface area contributed by atoms with Crippen LogP contribution >= 0.6 is 24.0 Å². The van der Waals surface area contributed by atoms with Crippen molar-refractivity contribution in [3.8, 4) is 0 Å². The number of rotatable bonds is 7. The molecule has 0 aromatic carbocycles. The summed E-state index contributed by atoms with van der Waals surface area (Å²) >= 11 is 0. The standard InChI is InChI=1S/C13H28N4O3S.HI/c1-4-12(3)16-13(14-5-2)15-6-11-21(18,19)17-7-9-20-10-8-17;/h12H,4-11H2,1-3H3,(H2,14,15,16);1H. The molecule has 1 fully saturated rings. The van der Waals surface area contributed by atoms with Crippen LogP contribution in [0.25, 0.3) is 0 Å². The number of guanidine groups is 1. The van der Waals surface area contributed by atoms with E-state index in [2.05, 4.69) is 29.5 Å². The molecule has 0 spiro atoms. The molecule has 1 saturated heterocycles. The normalized spacial score (nSPS) is 18.4. The van der Waals surface area contributed by atoms with E-state index in [9.17, 15) is 8.42 Å². The number of nitrogens with one attached hydrogen (secondary N) is 2. The summed E-state index contributed by atoms with van der Waals surface area (Å²) in [6.07, 6.45) is 0.983. The second-order valence-corrected chi connectivity index (χ2v) is 7.13. The highest BCUT2D eigenvalue weighted by atomic mass is 127. The van der Waals surface area contributed by atoms with Gasteiger partial charge in [0.1, 0.15) is 0 Å². The lowest BCUT2D eigenvalue weighted by atomic mass is 10.3. The van der Waals surface area contributed by atoms with E-state index in [0.29, 0.717) is 38.3 Å². The Labute approximate surface area is 151 Å². The molecule has 0 radical (unpaired) electrons. The SMILES string of the molecule is CCNC(=NCCS(=O)(=O)N1CCOCC1)NC(C)CC.I. The lowest BCUT2D eigenvalue weighted by Gasteiger charge is -2.25. The third-order valence-electron chi connectivity index (χ3n) is 3.32. The highest BCUT2D eigenvalue weighted by Gasteiger charge is 2.23. The first-order chi connectivity index (χ1) is 9.99. The molecule has 0 saturated carbocycles. The zero-order chi connectivity index (χ0) is 15.7. The molecule has 2 N–H and O–H groups in total. The maximum Gasteiger partial charge on any atom is 0.216 e. The van der Waals surface area contributed by atoms with Gasteiger partial charge in [0.05, 0.1) is 25.5 Å². The van der Waals surface area contributed by atoms with Crippen LogP contribution in [0, 0.1) is 0 Å².